The molecule has 1 aromatic heterocycles. The minimum Gasteiger partial charge on any atom is -0.355 e. The Bertz CT molecular complexity index is 541. The van der Waals surface area contributed by atoms with E-state index in [1.807, 2.05) is 20.8 Å². The second-order valence-electron chi connectivity index (χ2n) is 6.08. The van der Waals surface area contributed by atoms with Crippen molar-refractivity contribution < 1.29 is 9.59 Å². The number of nitrogens with one attached hydrogen (secondary N) is 1. The molecule has 2 rings (SSSR count). The van der Waals surface area contributed by atoms with Crippen LogP contribution in [0.2, 0.25) is 0 Å². The van der Waals surface area contributed by atoms with E-state index in [0.29, 0.717) is 16.5 Å². The third-order valence-corrected chi connectivity index (χ3v) is 5.83. The molecule has 0 amide bonds. The maximum Gasteiger partial charge on any atom is 0.191 e. The van der Waals surface area contributed by atoms with Gasteiger partial charge in [0, 0.05) is 16.5 Å². The van der Waals surface area contributed by atoms with E-state index in [-0.39, 0.29) is 16.8 Å². The van der Waals surface area contributed by atoms with Crippen LogP contribution in [0.1, 0.15) is 78.1 Å². The number of hydrogen-bond donors (Lipinski definition) is 1. The summed E-state index contributed by atoms with van der Waals surface area (Å²) in [7, 11) is 0. The van der Waals surface area contributed by atoms with Gasteiger partial charge in [-0.25, -0.2) is 0 Å². The lowest BCUT2D eigenvalue weighted by Crippen LogP contribution is -2.20. The molecule has 3 nitrogen and oxygen atoms in total. The molecule has 1 fully saturated rings. The molecule has 1 aromatic rings. The van der Waals surface area contributed by atoms with Crippen molar-refractivity contribution in [1.29, 1.82) is 0 Å². The summed E-state index contributed by atoms with van der Waals surface area (Å²) < 4.78 is 0. The van der Waals surface area contributed by atoms with Gasteiger partial charge in [-0.3, -0.25) is 9.59 Å². The Balaban J connectivity index is 2.12. The molecule has 1 unspecified atom stereocenters. The molecule has 1 atom stereocenters. The largest absolute Gasteiger partial charge is 0.355 e. The second-order valence-corrected chi connectivity index (χ2v) is 7.73. The number of carbonyl (C=O) groups is 2. The summed E-state index contributed by atoms with van der Waals surface area (Å²) in [5.74, 6) is 0.145. The Hall–Kier alpha value is -1.03. The molecule has 0 radical (unpaired) electrons. The molecule has 0 saturated heterocycles. The average molecular weight is 307 g/mol. The third kappa shape index (κ3) is 3.60. The monoisotopic (exact) mass is 307 g/mol. The fraction of sp³-hybridized carbons (Fsp3) is 0.647. The van der Waals surface area contributed by atoms with E-state index in [2.05, 4.69) is 4.98 Å². The lowest BCUT2D eigenvalue weighted by atomic mass is 10.0. The highest BCUT2D eigenvalue weighted by Gasteiger charge is 2.26. The van der Waals surface area contributed by atoms with Gasteiger partial charge >= 0.3 is 0 Å². The van der Waals surface area contributed by atoms with Crippen molar-refractivity contribution in [2.24, 2.45) is 0 Å². The Morgan fingerprint density at radius 2 is 1.81 bits per heavy atom. The molecule has 1 aliphatic rings. The fourth-order valence-electron chi connectivity index (χ4n) is 3.28. The number of aromatic amines is 1. The Morgan fingerprint density at radius 3 is 2.33 bits per heavy atom. The summed E-state index contributed by atoms with van der Waals surface area (Å²) in [6, 6.07) is 0. The molecule has 4 heteroatoms. The van der Waals surface area contributed by atoms with Crippen LogP contribution in [0.4, 0.5) is 0 Å². The standard InChI is InChI=1S/C17H25NO2S/c1-10-15(12(3)19)11(2)18-16(10)17(20)13(4)21-14-8-6-5-7-9-14/h13-14,18H,5-9H2,1-4H3. The Labute approximate surface area is 131 Å². The summed E-state index contributed by atoms with van der Waals surface area (Å²) in [4.78, 5) is 27.5. The molecule has 0 spiro atoms. The number of aryl methyl sites for hydroxylation is 1. The van der Waals surface area contributed by atoms with Crippen LogP contribution in [-0.2, 0) is 0 Å². The van der Waals surface area contributed by atoms with Crippen molar-refractivity contribution in [1.82, 2.24) is 4.98 Å². The zero-order valence-corrected chi connectivity index (χ0v) is 14.2. The van der Waals surface area contributed by atoms with Crippen molar-refractivity contribution in [2.75, 3.05) is 0 Å². The van der Waals surface area contributed by atoms with E-state index in [1.54, 1.807) is 18.7 Å². The number of hydrogen-bond acceptors (Lipinski definition) is 3. The Kier molecular flexibility index (Phi) is 5.31. The highest BCUT2D eigenvalue weighted by molar-refractivity contribution is 8.01. The second kappa shape index (κ2) is 6.82. The molecule has 1 N–H and O–H groups in total. The van der Waals surface area contributed by atoms with Crippen LogP contribution in [0.3, 0.4) is 0 Å². The minimum atomic E-state index is -0.0512. The van der Waals surface area contributed by atoms with E-state index >= 15 is 0 Å². The summed E-state index contributed by atoms with van der Waals surface area (Å²) >= 11 is 1.80. The normalized spacial score (nSPS) is 17.7. The van der Waals surface area contributed by atoms with Crippen molar-refractivity contribution in [3.63, 3.8) is 0 Å². The number of ketones is 2. The van der Waals surface area contributed by atoms with Gasteiger partial charge in [-0.05, 0) is 46.1 Å². The number of thioether (sulfide) groups is 1. The van der Waals surface area contributed by atoms with E-state index in [1.165, 1.54) is 32.1 Å². The van der Waals surface area contributed by atoms with E-state index in [9.17, 15) is 9.59 Å². The number of rotatable bonds is 5. The van der Waals surface area contributed by atoms with Crippen LogP contribution in [-0.4, -0.2) is 27.1 Å². The molecule has 0 aliphatic heterocycles. The van der Waals surface area contributed by atoms with Crippen LogP contribution in [0, 0.1) is 13.8 Å². The minimum absolute atomic E-state index is 0.0212. The van der Waals surface area contributed by atoms with Crippen molar-refractivity contribution in [3.05, 3.63) is 22.5 Å². The summed E-state index contributed by atoms with van der Waals surface area (Å²) in [6.07, 6.45) is 6.35. The number of aromatic nitrogens is 1. The van der Waals surface area contributed by atoms with Crippen LogP contribution in [0.15, 0.2) is 0 Å². The molecule has 116 valence electrons. The quantitative estimate of drug-likeness (QED) is 0.816. The first-order valence-corrected chi connectivity index (χ1v) is 8.75. The van der Waals surface area contributed by atoms with Crippen LogP contribution < -0.4 is 0 Å². The smallest absolute Gasteiger partial charge is 0.191 e. The van der Waals surface area contributed by atoms with Crippen LogP contribution in [0.5, 0.6) is 0 Å². The number of H-pyrrole nitrogens is 1. The van der Waals surface area contributed by atoms with Crippen molar-refractivity contribution in [2.45, 2.75) is 70.3 Å². The highest BCUT2D eigenvalue weighted by Crippen LogP contribution is 2.32. The molecule has 1 aliphatic carbocycles. The third-order valence-electron chi connectivity index (χ3n) is 4.35. The highest BCUT2D eigenvalue weighted by atomic mass is 32.2. The number of Topliss-reactive ketones (excluding diaryl/α,β-unsaturated/α-hetero) is 2. The zero-order chi connectivity index (χ0) is 15.6. The van der Waals surface area contributed by atoms with Crippen molar-refractivity contribution in [3.8, 4) is 0 Å². The molecular formula is C17H25NO2S. The maximum atomic E-state index is 12.7. The SMILES string of the molecule is CC(=O)c1c(C)[nH]c(C(=O)C(C)SC2CCCCC2)c1C. The van der Waals surface area contributed by atoms with Crippen LogP contribution in [0.25, 0.3) is 0 Å². The molecule has 1 saturated carbocycles. The van der Waals surface area contributed by atoms with Gasteiger partial charge in [0.1, 0.15) is 0 Å². The average Bonchev–Trinajstić information content (AvgIpc) is 2.74. The van der Waals surface area contributed by atoms with Gasteiger partial charge in [0.05, 0.1) is 10.9 Å². The predicted molar refractivity (Wildman–Crippen MR) is 88.5 cm³/mol. The van der Waals surface area contributed by atoms with Crippen LogP contribution >= 0.6 is 11.8 Å². The molecular weight excluding hydrogens is 282 g/mol. The first-order chi connectivity index (χ1) is 9.91. The summed E-state index contributed by atoms with van der Waals surface area (Å²) in [6.45, 7) is 7.27. The van der Waals surface area contributed by atoms with E-state index < -0.39 is 0 Å². The topological polar surface area (TPSA) is 49.9 Å². The van der Waals surface area contributed by atoms with Gasteiger partial charge in [0.25, 0.3) is 0 Å². The van der Waals surface area contributed by atoms with E-state index in [0.717, 1.165) is 11.3 Å². The van der Waals surface area contributed by atoms with Gasteiger partial charge in [-0.2, -0.15) is 0 Å². The van der Waals surface area contributed by atoms with Gasteiger partial charge in [0.15, 0.2) is 11.6 Å². The first-order valence-electron chi connectivity index (χ1n) is 7.81. The maximum absolute atomic E-state index is 12.7. The van der Waals surface area contributed by atoms with E-state index in [4.69, 9.17) is 0 Å². The lowest BCUT2D eigenvalue weighted by molar-refractivity contribution is 0.0988. The molecule has 1 heterocycles. The predicted octanol–water partition coefficient (Wildman–Crippen LogP) is 4.47. The lowest BCUT2D eigenvalue weighted by Gasteiger charge is -2.23. The number of carbonyl (C=O) groups excluding carboxylic acids is 2. The van der Waals surface area contributed by atoms with Gasteiger partial charge < -0.3 is 4.98 Å². The molecule has 0 bridgehead atoms. The van der Waals surface area contributed by atoms with Gasteiger partial charge in [-0.15, -0.1) is 11.8 Å². The molecule has 0 aromatic carbocycles. The summed E-state index contributed by atoms with van der Waals surface area (Å²) in [5, 5.41) is 0.561. The van der Waals surface area contributed by atoms with Gasteiger partial charge in [-0.1, -0.05) is 19.3 Å². The fourth-order valence-corrected chi connectivity index (χ4v) is 4.70. The Morgan fingerprint density at radius 1 is 1.19 bits per heavy atom. The van der Waals surface area contributed by atoms with Crippen molar-refractivity contribution >= 4 is 23.3 Å². The van der Waals surface area contributed by atoms with Gasteiger partial charge in [0.2, 0.25) is 0 Å². The first kappa shape index (κ1) is 16.3. The summed E-state index contributed by atoms with van der Waals surface area (Å²) in [5.41, 5.74) is 2.90. The molecule has 21 heavy (non-hydrogen) atoms. The zero-order valence-electron chi connectivity index (χ0n) is 13.4.